The number of H-pyrrole nitrogens is 1. The second-order valence-corrected chi connectivity index (χ2v) is 5.52. The van der Waals surface area contributed by atoms with E-state index in [1.165, 1.54) is 19.3 Å². The zero-order valence-electron chi connectivity index (χ0n) is 10.2. The minimum atomic E-state index is -0.702. The van der Waals surface area contributed by atoms with Crippen molar-refractivity contribution in [3.8, 4) is 0 Å². The van der Waals surface area contributed by atoms with Crippen molar-refractivity contribution in [3.63, 3.8) is 0 Å². The second-order valence-electron chi connectivity index (χ2n) is 5.52. The third-order valence-electron chi connectivity index (χ3n) is 4.09. The molecule has 3 rings (SSSR count). The minimum Gasteiger partial charge on any atom is -0.385 e. The van der Waals surface area contributed by atoms with Crippen LogP contribution in [0, 0.1) is 5.92 Å². The SMILES string of the molecule is CC(O)(CC1CCC1)c1cccc2[nH]ccc12. The maximum atomic E-state index is 10.7. The third-order valence-corrected chi connectivity index (χ3v) is 4.09. The lowest BCUT2D eigenvalue weighted by Gasteiger charge is -2.34. The molecule has 0 aliphatic heterocycles. The second kappa shape index (κ2) is 3.88. The number of aromatic nitrogens is 1. The molecule has 2 nitrogen and oxygen atoms in total. The Hall–Kier alpha value is -1.28. The molecule has 0 radical (unpaired) electrons. The Morgan fingerprint density at radius 2 is 2.18 bits per heavy atom. The van der Waals surface area contributed by atoms with Crippen LogP contribution < -0.4 is 0 Å². The van der Waals surface area contributed by atoms with Gasteiger partial charge in [-0.3, -0.25) is 0 Å². The largest absolute Gasteiger partial charge is 0.385 e. The average Bonchev–Trinajstić information content (AvgIpc) is 2.71. The van der Waals surface area contributed by atoms with Gasteiger partial charge in [-0.2, -0.15) is 0 Å². The van der Waals surface area contributed by atoms with Crippen molar-refractivity contribution in [3.05, 3.63) is 36.0 Å². The zero-order valence-corrected chi connectivity index (χ0v) is 10.2. The van der Waals surface area contributed by atoms with Gasteiger partial charge in [-0.1, -0.05) is 31.4 Å². The number of rotatable bonds is 3. The number of benzene rings is 1. The molecule has 17 heavy (non-hydrogen) atoms. The van der Waals surface area contributed by atoms with Crippen molar-refractivity contribution in [2.75, 3.05) is 0 Å². The van der Waals surface area contributed by atoms with Crippen LogP contribution in [0.4, 0.5) is 0 Å². The van der Waals surface area contributed by atoms with Gasteiger partial charge in [-0.15, -0.1) is 0 Å². The highest BCUT2D eigenvalue weighted by Gasteiger charge is 2.31. The number of fused-ring (bicyclic) bond motifs is 1. The highest BCUT2D eigenvalue weighted by molar-refractivity contribution is 5.83. The highest BCUT2D eigenvalue weighted by Crippen LogP contribution is 2.39. The van der Waals surface area contributed by atoms with Crippen LogP contribution in [0.3, 0.4) is 0 Å². The van der Waals surface area contributed by atoms with Crippen LogP contribution in [0.15, 0.2) is 30.5 Å². The van der Waals surface area contributed by atoms with E-state index in [9.17, 15) is 5.11 Å². The fourth-order valence-electron chi connectivity index (χ4n) is 2.92. The number of hydrogen-bond donors (Lipinski definition) is 2. The van der Waals surface area contributed by atoms with Crippen molar-refractivity contribution in [2.24, 2.45) is 5.92 Å². The Morgan fingerprint density at radius 1 is 1.35 bits per heavy atom. The van der Waals surface area contributed by atoms with E-state index >= 15 is 0 Å². The van der Waals surface area contributed by atoms with E-state index in [1.807, 2.05) is 19.2 Å². The van der Waals surface area contributed by atoms with Crippen molar-refractivity contribution < 1.29 is 5.11 Å². The van der Waals surface area contributed by atoms with Gasteiger partial charge in [0.25, 0.3) is 0 Å². The molecule has 1 unspecified atom stereocenters. The van der Waals surface area contributed by atoms with Gasteiger partial charge in [0.05, 0.1) is 5.60 Å². The molecule has 0 spiro atoms. The standard InChI is InChI=1S/C15H19NO/c1-15(17,10-11-4-2-5-11)13-6-3-7-14-12(13)8-9-16-14/h3,6-9,11,16-17H,2,4-5,10H2,1H3. The summed E-state index contributed by atoms with van der Waals surface area (Å²) in [6, 6.07) is 8.18. The normalized spacial score (nSPS) is 20.1. The summed E-state index contributed by atoms with van der Waals surface area (Å²) < 4.78 is 0. The summed E-state index contributed by atoms with van der Waals surface area (Å²) in [6.07, 6.45) is 6.71. The van der Waals surface area contributed by atoms with Crippen LogP contribution in [0.5, 0.6) is 0 Å². The maximum Gasteiger partial charge on any atom is 0.0877 e. The monoisotopic (exact) mass is 229 g/mol. The molecule has 0 amide bonds. The molecule has 90 valence electrons. The van der Waals surface area contributed by atoms with E-state index in [0.717, 1.165) is 22.9 Å². The Bertz CT molecular complexity index is 522. The summed E-state index contributed by atoms with van der Waals surface area (Å²) >= 11 is 0. The zero-order chi connectivity index (χ0) is 11.9. The van der Waals surface area contributed by atoms with E-state index in [0.29, 0.717) is 5.92 Å². The summed E-state index contributed by atoms with van der Waals surface area (Å²) in [4.78, 5) is 3.20. The molecule has 1 aromatic heterocycles. The van der Waals surface area contributed by atoms with E-state index in [1.54, 1.807) is 0 Å². The van der Waals surface area contributed by atoms with Gasteiger partial charge in [-0.05, 0) is 37.0 Å². The van der Waals surface area contributed by atoms with Crippen LogP contribution in [0.1, 0.15) is 38.2 Å². The molecular weight excluding hydrogens is 210 g/mol. The van der Waals surface area contributed by atoms with Gasteiger partial charge in [0.1, 0.15) is 0 Å². The predicted octanol–water partition coefficient (Wildman–Crippen LogP) is 3.57. The molecule has 1 saturated carbocycles. The highest BCUT2D eigenvalue weighted by atomic mass is 16.3. The lowest BCUT2D eigenvalue weighted by atomic mass is 9.75. The van der Waals surface area contributed by atoms with Crippen molar-refractivity contribution >= 4 is 10.9 Å². The first-order valence-corrected chi connectivity index (χ1v) is 6.46. The van der Waals surface area contributed by atoms with Crippen LogP contribution in [-0.2, 0) is 5.60 Å². The number of aromatic amines is 1. The first kappa shape index (κ1) is 10.8. The lowest BCUT2D eigenvalue weighted by molar-refractivity contribution is 0.0175. The third kappa shape index (κ3) is 1.87. The molecule has 1 aliphatic carbocycles. The van der Waals surface area contributed by atoms with Crippen molar-refractivity contribution in [2.45, 2.75) is 38.2 Å². The smallest absolute Gasteiger partial charge is 0.0877 e. The molecular formula is C15H19NO. The molecule has 2 N–H and O–H groups in total. The van der Waals surface area contributed by atoms with E-state index in [2.05, 4.69) is 23.2 Å². The number of hydrogen-bond acceptors (Lipinski definition) is 1. The fraction of sp³-hybridized carbons (Fsp3) is 0.467. The van der Waals surface area contributed by atoms with E-state index in [4.69, 9.17) is 0 Å². The van der Waals surface area contributed by atoms with Crippen molar-refractivity contribution in [1.29, 1.82) is 0 Å². The van der Waals surface area contributed by atoms with Crippen LogP contribution in [0.2, 0.25) is 0 Å². The predicted molar refractivity (Wildman–Crippen MR) is 69.8 cm³/mol. The Labute approximate surface area is 102 Å². The number of aliphatic hydroxyl groups is 1. The van der Waals surface area contributed by atoms with Crippen LogP contribution in [0.25, 0.3) is 10.9 Å². The maximum absolute atomic E-state index is 10.7. The van der Waals surface area contributed by atoms with Gasteiger partial charge >= 0.3 is 0 Å². The molecule has 1 fully saturated rings. The molecule has 0 saturated heterocycles. The van der Waals surface area contributed by atoms with Crippen LogP contribution in [-0.4, -0.2) is 10.1 Å². The Balaban J connectivity index is 1.97. The summed E-state index contributed by atoms with van der Waals surface area (Å²) in [5.74, 6) is 0.708. The van der Waals surface area contributed by atoms with E-state index < -0.39 is 5.60 Å². The summed E-state index contributed by atoms with van der Waals surface area (Å²) in [6.45, 7) is 1.95. The topological polar surface area (TPSA) is 36.0 Å². The van der Waals surface area contributed by atoms with E-state index in [-0.39, 0.29) is 0 Å². The molecule has 2 heteroatoms. The first-order valence-electron chi connectivity index (χ1n) is 6.46. The van der Waals surface area contributed by atoms with Gasteiger partial charge in [0, 0.05) is 17.1 Å². The van der Waals surface area contributed by atoms with Gasteiger partial charge in [0.15, 0.2) is 0 Å². The lowest BCUT2D eigenvalue weighted by Crippen LogP contribution is -2.28. The molecule has 1 heterocycles. The fourth-order valence-corrected chi connectivity index (χ4v) is 2.92. The Morgan fingerprint density at radius 3 is 2.88 bits per heavy atom. The van der Waals surface area contributed by atoms with Crippen molar-refractivity contribution in [1.82, 2.24) is 4.98 Å². The van der Waals surface area contributed by atoms with Gasteiger partial charge in [0.2, 0.25) is 0 Å². The summed E-state index contributed by atoms with van der Waals surface area (Å²) in [7, 11) is 0. The van der Waals surface area contributed by atoms with Gasteiger partial charge in [-0.25, -0.2) is 0 Å². The summed E-state index contributed by atoms with van der Waals surface area (Å²) in [5.41, 5.74) is 1.46. The average molecular weight is 229 g/mol. The minimum absolute atomic E-state index is 0.702. The molecule has 0 bridgehead atoms. The summed E-state index contributed by atoms with van der Waals surface area (Å²) in [5, 5.41) is 11.9. The molecule has 1 aliphatic rings. The Kier molecular flexibility index (Phi) is 2.48. The molecule has 2 aromatic rings. The van der Waals surface area contributed by atoms with Crippen LogP contribution >= 0.6 is 0 Å². The van der Waals surface area contributed by atoms with Gasteiger partial charge < -0.3 is 10.1 Å². The number of nitrogens with one attached hydrogen (secondary N) is 1. The quantitative estimate of drug-likeness (QED) is 0.829. The molecule has 1 aromatic carbocycles. The molecule has 1 atom stereocenters. The first-order chi connectivity index (χ1) is 8.17.